The first kappa shape index (κ1) is 18.9. The van der Waals surface area contributed by atoms with Crippen LogP contribution in [0.15, 0.2) is 79.3 Å². The van der Waals surface area contributed by atoms with Crippen molar-refractivity contribution in [3.05, 3.63) is 89.8 Å². The molecule has 5 aromatic rings. The molecule has 0 bridgehead atoms. The van der Waals surface area contributed by atoms with Crippen LogP contribution in [0.25, 0.3) is 39.4 Å². The summed E-state index contributed by atoms with van der Waals surface area (Å²) in [6.07, 6.45) is 4.62. The van der Waals surface area contributed by atoms with Gasteiger partial charge in [-0.2, -0.15) is 5.10 Å². The zero-order valence-corrected chi connectivity index (χ0v) is 16.7. The van der Waals surface area contributed by atoms with Crippen LogP contribution in [0.5, 0.6) is 0 Å². The third-order valence-electron chi connectivity index (χ3n) is 4.83. The second kappa shape index (κ2) is 7.62. The van der Waals surface area contributed by atoms with Crippen LogP contribution in [0, 0.1) is 0 Å². The van der Waals surface area contributed by atoms with Crippen LogP contribution in [0.4, 0.5) is 0 Å². The number of carboxylic acid groups (broad SMARTS) is 1. The fourth-order valence-electron chi connectivity index (χ4n) is 3.28. The predicted octanol–water partition coefficient (Wildman–Crippen LogP) is 4.90. The Hall–Kier alpha value is -4.10. The van der Waals surface area contributed by atoms with E-state index in [1.54, 1.807) is 35.3 Å². The van der Waals surface area contributed by atoms with Crippen LogP contribution < -0.4 is 0 Å². The van der Waals surface area contributed by atoms with Gasteiger partial charge in [-0.25, -0.2) is 14.5 Å². The number of carbonyl (C=O) groups is 1. The molecule has 0 amide bonds. The van der Waals surface area contributed by atoms with E-state index in [1.165, 1.54) is 12.3 Å². The molecule has 0 saturated heterocycles. The number of rotatable bonds is 4. The minimum absolute atomic E-state index is 0.108. The molecule has 0 spiro atoms. The van der Waals surface area contributed by atoms with Crippen molar-refractivity contribution in [1.29, 1.82) is 0 Å². The van der Waals surface area contributed by atoms with E-state index in [4.69, 9.17) is 21.8 Å². The second-order valence-corrected chi connectivity index (χ2v) is 7.24. The van der Waals surface area contributed by atoms with E-state index in [0.29, 0.717) is 10.8 Å². The summed E-state index contributed by atoms with van der Waals surface area (Å²) in [5, 5.41) is 14.5. The van der Waals surface area contributed by atoms with Crippen molar-refractivity contribution in [2.75, 3.05) is 0 Å². The Morgan fingerprint density at radius 1 is 0.839 bits per heavy atom. The topological polar surface area (TPSA) is 93.8 Å². The number of halogens is 1. The van der Waals surface area contributed by atoms with Crippen molar-refractivity contribution in [2.45, 2.75) is 0 Å². The molecule has 150 valence electrons. The molecule has 0 fully saturated rings. The summed E-state index contributed by atoms with van der Waals surface area (Å²) in [5.74, 6) is -0.533. The van der Waals surface area contributed by atoms with Gasteiger partial charge in [-0.1, -0.05) is 29.8 Å². The molecule has 3 heterocycles. The van der Waals surface area contributed by atoms with Gasteiger partial charge in [0.25, 0.3) is 0 Å². The van der Waals surface area contributed by atoms with Gasteiger partial charge < -0.3 is 5.11 Å². The molecule has 3 aromatic heterocycles. The summed E-state index contributed by atoms with van der Waals surface area (Å²) < 4.78 is 1.69. The molecule has 31 heavy (non-hydrogen) atoms. The van der Waals surface area contributed by atoms with E-state index in [1.807, 2.05) is 36.4 Å². The second-order valence-electron chi connectivity index (χ2n) is 6.80. The Labute approximate surface area is 181 Å². The number of aromatic nitrogens is 5. The zero-order chi connectivity index (χ0) is 21.4. The van der Waals surface area contributed by atoms with Gasteiger partial charge in [-0.3, -0.25) is 9.97 Å². The Kier molecular flexibility index (Phi) is 4.65. The minimum atomic E-state index is -1.03. The van der Waals surface area contributed by atoms with Gasteiger partial charge in [0, 0.05) is 34.7 Å². The Morgan fingerprint density at radius 3 is 2.29 bits per heavy atom. The van der Waals surface area contributed by atoms with Gasteiger partial charge in [0.2, 0.25) is 0 Å². The molecular formula is C23H14ClN5O2. The molecule has 5 rings (SSSR count). The standard InChI is InChI=1S/C23H14ClN5O2/c24-17-5-1-14(2-6-17)19-12-21(15-3-7-18-20(11-15)26-10-9-25-18)29(28-19)22-8-4-16(13-27-22)23(30)31/h1-13H,(H,30,31). The summed E-state index contributed by atoms with van der Waals surface area (Å²) in [6, 6.07) is 18.3. The molecule has 0 aliphatic rings. The highest BCUT2D eigenvalue weighted by molar-refractivity contribution is 6.30. The maximum Gasteiger partial charge on any atom is 0.337 e. The summed E-state index contributed by atoms with van der Waals surface area (Å²) in [5.41, 5.74) is 4.95. The zero-order valence-electron chi connectivity index (χ0n) is 16.0. The van der Waals surface area contributed by atoms with Crippen molar-refractivity contribution in [3.63, 3.8) is 0 Å². The smallest absolute Gasteiger partial charge is 0.337 e. The highest BCUT2D eigenvalue weighted by atomic mass is 35.5. The lowest BCUT2D eigenvalue weighted by atomic mass is 10.1. The van der Waals surface area contributed by atoms with E-state index < -0.39 is 5.97 Å². The van der Waals surface area contributed by atoms with E-state index in [2.05, 4.69) is 15.0 Å². The van der Waals surface area contributed by atoms with Crippen molar-refractivity contribution in [2.24, 2.45) is 0 Å². The van der Waals surface area contributed by atoms with Gasteiger partial charge in [-0.15, -0.1) is 0 Å². The Morgan fingerprint density at radius 2 is 1.58 bits per heavy atom. The molecule has 7 nitrogen and oxygen atoms in total. The maximum atomic E-state index is 11.2. The van der Waals surface area contributed by atoms with Gasteiger partial charge in [0.05, 0.1) is 28.0 Å². The van der Waals surface area contributed by atoms with Crippen LogP contribution >= 0.6 is 11.6 Å². The number of hydrogen-bond donors (Lipinski definition) is 1. The largest absolute Gasteiger partial charge is 0.478 e. The van der Waals surface area contributed by atoms with Crippen LogP contribution in [-0.2, 0) is 0 Å². The number of pyridine rings is 1. The minimum Gasteiger partial charge on any atom is -0.478 e. The third-order valence-corrected chi connectivity index (χ3v) is 5.08. The average Bonchev–Trinajstić information content (AvgIpc) is 3.25. The number of aromatic carboxylic acids is 1. The van der Waals surface area contributed by atoms with E-state index in [-0.39, 0.29) is 5.56 Å². The van der Waals surface area contributed by atoms with E-state index >= 15 is 0 Å². The predicted molar refractivity (Wildman–Crippen MR) is 117 cm³/mol. The number of benzene rings is 2. The lowest BCUT2D eigenvalue weighted by Gasteiger charge is -2.07. The summed E-state index contributed by atoms with van der Waals surface area (Å²) in [4.78, 5) is 24.2. The van der Waals surface area contributed by atoms with Crippen molar-refractivity contribution in [3.8, 4) is 28.3 Å². The van der Waals surface area contributed by atoms with Crippen LogP contribution in [0.1, 0.15) is 10.4 Å². The first-order chi connectivity index (χ1) is 15.1. The maximum absolute atomic E-state index is 11.2. The summed E-state index contributed by atoms with van der Waals surface area (Å²) in [6.45, 7) is 0. The molecule has 0 radical (unpaired) electrons. The SMILES string of the molecule is O=C(O)c1ccc(-n2nc(-c3ccc(Cl)cc3)cc2-c2ccc3nccnc3c2)nc1. The molecule has 1 N–H and O–H groups in total. The lowest BCUT2D eigenvalue weighted by molar-refractivity contribution is 0.0696. The highest BCUT2D eigenvalue weighted by Gasteiger charge is 2.15. The van der Waals surface area contributed by atoms with Gasteiger partial charge in [-0.05, 0) is 42.5 Å². The molecule has 0 saturated carbocycles. The van der Waals surface area contributed by atoms with E-state index in [9.17, 15) is 4.79 Å². The molecular weight excluding hydrogens is 414 g/mol. The fraction of sp³-hybridized carbons (Fsp3) is 0. The van der Waals surface area contributed by atoms with Crippen LogP contribution in [-0.4, -0.2) is 35.8 Å². The van der Waals surface area contributed by atoms with E-state index in [0.717, 1.165) is 33.5 Å². The van der Waals surface area contributed by atoms with Crippen LogP contribution in [0.3, 0.4) is 0 Å². The normalized spacial score (nSPS) is 11.0. The van der Waals surface area contributed by atoms with Crippen LogP contribution in [0.2, 0.25) is 5.02 Å². The molecule has 0 atom stereocenters. The van der Waals surface area contributed by atoms with Gasteiger partial charge in [0.1, 0.15) is 0 Å². The molecule has 0 unspecified atom stereocenters. The fourth-order valence-corrected chi connectivity index (χ4v) is 3.41. The number of fused-ring (bicyclic) bond motifs is 1. The average molecular weight is 428 g/mol. The number of carboxylic acids is 1. The Bertz CT molecular complexity index is 1410. The van der Waals surface area contributed by atoms with Crippen molar-refractivity contribution < 1.29 is 9.90 Å². The first-order valence-electron chi connectivity index (χ1n) is 9.35. The first-order valence-corrected chi connectivity index (χ1v) is 9.73. The quantitative estimate of drug-likeness (QED) is 0.438. The molecule has 0 aliphatic heterocycles. The molecule has 8 heteroatoms. The monoisotopic (exact) mass is 427 g/mol. The summed E-state index contributed by atoms with van der Waals surface area (Å²) >= 11 is 6.03. The lowest BCUT2D eigenvalue weighted by Crippen LogP contribution is -2.04. The Balaban J connectivity index is 1.68. The third kappa shape index (κ3) is 3.62. The molecule has 0 aliphatic carbocycles. The molecule has 2 aromatic carbocycles. The summed E-state index contributed by atoms with van der Waals surface area (Å²) in [7, 11) is 0. The number of nitrogens with zero attached hydrogens (tertiary/aromatic N) is 5. The van der Waals surface area contributed by atoms with Gasteiger partial charge in [0.15, 0.2) is 5.82 Å². The van der Waals surface area contributed by atoms with Gasteiger partial charge >= 0.3 is 5.97 Å². The van der Waals surface area contributed by atoms with Crippen molar-refractivity contribution >= 4 is 28.6 Å². The number of hydrogen-bond acceptors (Lipinski definition) is 5. The van der Waals surface area contributed by atoms with Crippen molar-refractivity contribution in [1.82, 2.24) is 24.7 Å². The highest BCUT2D eigenvalue weighted by Crippen LogP contribution is 2.30.